The molecule has 66 valence electrons. The number of anilines is 1. The second-order valence-electron chi connectivity index (χ2n) is 2.58. The molecule has 0 saturated heterocycles. The highest BCUT2D eigenvalue weighted by Gasteiger charge is 1.96. The zero-order valence-corrected chi connectivity index (χ0v) is 7.49. The van der Waals surface area contributed by atoms with E-state index in [0.29, 0.717) is 11.3 Å². The van der Waals surface area contributed by atoms with Gasteiger partial charge in [0.2, 0.25) is 0 Å². The van der Waals surface area contributed by atoms with Crippen LogP contribution in [0.15, 0.2) is 23.2 Å². The Morgan fingerprint density at radius 2 is 2.38 bits per heavy atom. The van der Waals surface area contributed by atoms with E-state index < -0.39 is 0 Å². The number of nitrogens with zero attached hydrogens (tertiary/aromatic N) is 2. The summed E-state index contributed by atoms with van der Waals surface area (Å²) >= 11 is 0. The van der Waals surface area contributed by atoms with Crippen molar-refractivity contribution in [1.82, 2.24) is 0 Å². The van der Waals surface area contributed by atoms with Crippen LogP contribution >= 0.6 is 0 Å². The predicted molar refractivity (Wildman–Crippen MR) is 53.7 cm³/mol. The lowest BCUT2D eigenvalue weighted by Crippen LogP contribution is -1.94. The Morgan fingerprint density at radius 3 is 2.92 bits per heavy atom. The molecule has 0 aliphatic heterocycles. The molecule has 1 aromatic carbocycles. The van der Waals surface area contributed by atoms with E-state index in [0.717, 1.165) is 12.1 Å². The summed E-state index contributed by atoms with van der Waals surface area (Å²) in [6, 6.07) is 7.20. The normalized spacial score (nSPS) is 10.2. The maximum atomic E-state index is 8.59. The minimum atomic E-state index is 0.575. The first-order chi connectivity index (χ1) is 6.27. The average Bonchev–Trinajstić information content (AvgIpc) is 2.16. The number of nitrogens with two attached hydrogens (primary N) is 1. The number of nitrogen functional groups attached to an aromatic ring is 1. The fourth-order valence-corrected chi connectivity index (χ4v) is 0.952. The molecule has 0 radical (unpaired) electrons. The summed E-state index contributed by atoms with van der Waals surface area (Å²) in [5.41, 5.74) is 7.73. The maximum Gasteiger partial charge on any atom is 0.0992 e. The third-order valence-corrected chi connectivity index (χ3v) is 1.63. The lowest BCUT2D eigenvalue weighted by atomic mass is 10.1. The van der Waals surface area contributed by atoms with Crippen molar-refractivity contribution in [3.8, 4) is 6.07 Å². The number of nitriles is 1. The van der Waals surface area contributed by atoms with Gasteiger partial charge in [0.1, 0.15) is 0 Å². The smallest absolute Gasteiger partial charge is 0.0992 e. The van der Waals surface area contributed by atoms with E-state index in [1.165, 1.54) is 0 Å². The third-order valence-electron chi connectivity index (χ3n) is 1.63. The molecule has 0 aromatic heterocycles. The van der Waals surface area contributed by atoms with Gasteiger partial charge in [-0.05, 0) is 19.1 Å². The Hall–Kier alpha value is -1.82. The molecule has 0 aliphatic rings. The van der Waals surface area contributed by atoms with E-state index in [1.54, 1.807) is 24.4 Å². The highest BCUT2D eigenvalue weighted by atomic mass is 14.7. The molecule has 3 nitrogen and oxygen atoms in total. The molecule has 2 N–H and O–H groups in total. The number of aliphatic imine (C=N–C) groups is 1. The van der Waals surface area contributed by atoms with E-state index in [2.05, 4.69) is 4.99 Å². The highest BCUT2D eigenvalue weighted by molar-refractivity contribution is 5.87. The van der Waals surface area contributed by atoms with Gasteiger partial charge in [-0.3, -0.25) is 4.99 Å². The summed E-state index contributed by atoms with van der Waals surface area (Å²) in [6.45, 7) is 2.69. The van der Waals surface area contributed by atoms with Crippen molar-refractivity contribution in [3.63, 3.8) is 0 Å². The summed E-state index contributed by atoms with van der Waals surface area (Å²) in [4.78, 5) is 4.07. The summed E-state index contributed by atoms with van der Waals surface area (Å²) in [6.07, 6.45) is 1.72. The molecule has 0 aliphatic carbocycles. The van der Waals surface area contributed by atoms with Gasteiger partial charge in [-0.2, -0.15) is 5.26 Å². The zero-order valence-electron chi connectivity index (χ0n) is 7.49. The van der Waals surface area contributed by atoms with Crippen molar-refractivity contribution >= 4 is 11.9 Å². The van der Waals surface area contributed by atoms with E-state index in [9.17, 15) is 0 Å². The Bertz CT molecular complexity index is 361. The Morgan fingerprint density at radius 1 is 1.62 bits per heavy atom. The molecule has 0 amide bonds. The molecule has 0 atom stereocenters. The van der Waals surface area contributed by atoms with Gasteiger partial charge in [0.05, 0.1) is 11.6 Å². The second kappa shape index (κ2) is 4.27. The van der Waals surface area contributed by atoms with Gasteiger partial charge in [-0.25, -0.2) is 0 Å². The van der Waals surface area contributed by atoms with Crippen molar-refractivity contribution < 1.29 is 0 Å². The van der Waals surface area contributed by atoms with Crippen LogP contribution in [-0.2, 0) is 0 Å². The monoisotopic (exact) mass is 173 g/mol. The Labute approximate surface area is 77.5 Å². The van der Waals surface area contributed by atoms with Crippen LogP contribution in [0.4, 0.5) is 5.69 Å². The van der Waals surface area contributed by atoms with Gasteiger partial charge in [0.15, 0.2) is 0 Å². The van der Waals surface area contributed by atoms with Gasteiger partial charge in [0.25, 0.3) is 0 Å². The van der Waals surface area contributed by atoms with Gasteiger partial charge < -0.3 is 5.73 Å². The lowest BCUT2D eigenvalue weighted by molar-refractivity contribution is 1.14. The van der Waals surface area contributed by atoms with Gasteiger partial charge in [-0.15, -0.1) is 0 Å². The average molecular weight is 173 g/mol. The van der Waals surface area contributed by atoms with Crippen LogP contribution in [0.5, 0.6) is 0 Å². The molecule has 1 aromatic rings. The van der Waals surface area contributed by atoms with Crippen molar-refractivity contribution in [1.29, 1.82) is 5.26 Å². The van der Waals surface area contributed by atoms with Crippen LogP contribution in [0.1, 0.15) is 18.1 Å². The zero-order chi connectivity index (χ0) is 9.68. The molecule has 1 rings (SSSR count). The fourth-order valence-electron chi connectivity index (χ4n) is 0.952. The van der Waals surface area contributed by atoms with Gasteiger partial charge in [-0.1, -0.05) is 6.07 Å². The van der Waals surface area contributed by atoms with E-state index in [-0.39, 0.29) is 0 Å². The van der Waals surface area contributed by atoms with Crippen LogP contribution < -0.4 is 5.73 Å². The van der Waals surface area contributed by atoms with Crippen LogP contribution in [0.25, 0.3) is 0 Å². The molecular weight excluding hydrogens is 162 g/mol. The highest BCUT2D eigenvalue weighted by Crippen LogP contribution is 2.11. The van der Waals surface area contributed by atoms with Gasteiger partial charge in [0, 0.05) is 24.0 Å². The fraction of sp³-hybridized carbons (Fsp3) is 0.200. The molecule has 0 heterocycles. The summed E-state index contributed by atoms with van der Waals surface area (Å²) < 4.78 is 0. The lowest BCUT2D eigenvalue weighted by Gasteiger charge is -1.98. The molecule has 13 heavy (non-hydrogen) atoms. The minimum absolute atomic E-state index is 0.575. The number of hydrogen-bond donors (Lipinski definition) is 1. The standard InChI is InChI=1S/C10H11N3/c1-2-13-7-9-4-3-8(6-11)5-10(9)12/h3-5,7H,2,12H2,1H3. The molecule has 0 spiro atoms. The quantitative estimate of drug-likeness (QED) is 0.545. The maximum absolute atomic E-state index is 8.59. The van der Waals surface area contributed by atoms with Crippen LogP contribution in [0.3, 0.4) is 0 Å². The van der Waals surface area contributed by atoms with Crippen LogP contribution in [-0.4, -0.2) is 12.8 Å². The number of rotatable bonds is 2. The first-order valence-electron chi connectivity index (χ1n) is 4.07. The van der Waals surface area contributed by atoms with Crippen molar-refractivity contribution in [2.24, 2.45) is 4.99 Å². The van der Waals surface area contributed by atoms with Gasteiger partial charge >= 0.3 is 0 Å². The SMILES string of the molecule is CCN=Cc1ccc(C#N)cc1N. The molecule has 3 heteroatoms. The first kappa shape index (κ1) is 9.27. The molecule has 0 unspecified atom stereocenters. The van der Waals surface area contributed by atoms with E-state index in [1.807, 2.05) is 13.0 Å². The number of benzene rings is 1. The summed E-state index contributed by atoms with van der Waals surface area (Å²) in [5, 5.41) is 8.59. The summed E-state index contributed by atoms with van der Waals surface area (Å²) in [5.74, 6) is 0. The second-order valence-corrected chi connectivity index (χ2v) is 2.58. The van der Waals surface area contributed by atoms with Crippen molar-refractivity contribution in [2.45, 2.75) is 6.92 Å². The largest absolute Gasteiger partial charge is 0.398 e. The molecule has 0 saturated carbocycles. The molecule has 0 bridgehead atoms. The Kier molecular flexibility index (Phi) is 3.04. The summed E-state index contributed by atoms with van der Waals surface area (Å²) in [7, 11) is 0. The van der Waals surface area contributed by atoms with E-state index >= 15 is 0 Å². The van der Waals surface area contributed by atoms with Crippen LogP contribution in [0, 0.1) is 11.3 Å². The molecular formula is C10H11N3. The topological polar surface area (TPSA) is 62.2 Å². The third kappa shape index (κ3) is 2.31. The Balaban J connectivity index is 3.00. The molecule has 0 fully saturated rings. The minimum Gasteiger partial charge on any atom is -0.398 e. The van der Waals surface area contributed by atoms with Crippen molar-refractivity contribution in [3.05, 3.63) is 29.3 Å². The van der Waals surface area contributed by atoms with E-state index in [4.69, 9.17) is 11.0 Å². The predicted octanol–water partition coefficient (Wildman–Crippen LogP) is 1.58. The first-order valence-corrected chi connectivity index (χ1v) is 4.07. The van der Waals surface area contributed by atoms with Crippen LogP contribution in [0.2, 0.25) is 0 Å². The van der Waals surface area contributed by atoms with Crippen molar-refractivity contribution in [2.75, 3.05) is 12.3 Å². The number of hydrogen-bond acceptors (Lipinski definition) is 3.